The molecule has 1 aliphatic heterocycles. The SMILES string of the molecule is CNC(=O)[C@H]1CCCCN1CC(=O)NCC(=O)Nc1ccc(F)c(F)c1. The largest absolute Gasteiger partial charge is 0.358 e. The molecule has 0 spiro atoms. The van der Waals surface area contributed by atoms with E-state index in [1.165, 1.54) is 6.07 Å². The van der Waals surface area contributed by atoms with Crippen molar-refractivity contribution in [3.8, 4) is 0 Å². The van der Waals surface area contributed by atoms with Crippen LogP contribution in [0.2, 0.25) is 0 Å². The van der Waals surface area contributed by atoms with Gasteiger partial charge in [0.25, 0.3) is 0 Å². The predicted molar refractivity (Wildman–Crippen MR) is 91.3 cm³/mol. The number of hydrogen-bond donors (Lipinski definition) is 3. The van der Waals surface area contributed by atoms with Crippen molar-refractivity contribution in [1.82, 2.24) is 15.5 Å². The summed E-state index contributed by atoms with van der Waals surface area (Å²) in [5.74, 6) is -3.17. The maximum absolute atomic E-state index is 13.1. The van der Waals surface area contributed by atoms with Crippen molar-refractivity contribution >= 4 is 23.4 Å². The van der Waals surface area contributed by atoms with Gasteiger partial charge >= 0.3 is 0 Å². The molecule has 1 aromatic carbocycles. The number of hydrogen-bond acceptors (Lipinski definition) is 4. The van der Waals surface area contributed by atoms with Gasteiger partial charge in [-0.25, -0.2) is 8.78 Å². The first kappa shape index (κ1) is 19.8. The topological polar surface area (TPSA) is 90.5 Å². The summed E-state index contributed by atoms with van der Waals surface area (Å²) < 4.78 is 25.9. The summed E-state index contributed by atoms with van der Waals surface area (Å²) >= 11 is 0. The molecule has 1 saturated heterocycles. The molecule has 1 fully saturated rings. The van der Waals surface area contributed by atoms with Crippen LogP contribution in [0, 0.1) is 11.6 Å². The van der Waals surface area contributed by atoms with Crippen LogP contribution < -0.4 is 16.0 Å². The standard InChI is InChI=1S/C17H22F2N4O3/c1-20-17(26)14-4-2-3-7-23(14)10-16(25)21-9-15(24)22-11-5-6-12(18)13(19)8-11/h5-6,8,14H,2-4,7,9-10H2,1H3,(H,20,26)(H,21,25)(H,22,24)/t14-/m1/s1. The molecule has 142 valence electrons. The molecule has 0 bridgehead atoms. The Morgan fingerprint density at radius 1 is 1.15 bits per heavy atom. The minimum Gasteiger partial charge on any atom is -0.358 e. The van der Waals surface area contributed by atoms with Crippen LogP contribution in [0.15, 0.2) is 18.2 Å². The van der Waals surface area contributed by atoms with Gasteiger partial charge in [-0.3, -0.25) is 19.3 Å². The molecule has 1 heterocycles. The Hall–Kier alpha value is -2.55. The fraction of sp³-hybridized carbons (Fsp3) is 0.471. The molecule has 0 radical (unpaired) electrons. The summed E-state index contributed by atoms with van der Waals surface area (Å²) in [6.07, 6.45) is 2.51. The van der Waals surface area contributed by atoms with E-state index < -0.39 is 17.5 Å². The molecule has 3 N–H and O–H groups in total. The first-order valence-electron chi connectivity index (χ1n) is 8.38. The molecule has 1 atom stereocenters. The second-order valence-electron chi connectivity index (χ2n) is 6.05. The number of nitrogens with zero attached hydrogens (tertiary/aromatic N) is 1. The molecule has 0 aliphatic carbocycles. The van der Waals surface area contributed by atoms with E-state index in [1.807, 2.05) is 0 Å². The van der Waals surface area contributed by atoms with Crippen molar-refractivity contribution in [3.63, 3.8) is 0 Å². The van der Waals surface area contributed by atoms with Crippen molar-refractivity contribution in [3.05, 3.63) is 29.8 Å². The van der Waals surface area contributed by atoms with Crippen molar-refractivity contribution in [2.24, 2.45) is 0 Å². The lowest BCUT2D eigenvalue weighted by Gasteiger charge is -2.33. The Bertz CT molecular complexity index is 684. The maximum Gasteiger partial charge on any atom is 0.243 e. The number of anilines is 1. The van der Waals surface area contributed by atoms with Crippen LogP contribution in [0.3, 0.4) is 0 Å². The highest BCUT2D eigenvalue weighted by atomic mass is 19.2. The van der Waals surface area contributed by atoms with Gasteiger partial charge in [0.15, 0.2) is 11.6 Å². The summed E-state index contributed by atoms with van der Waals surface area (Å²) in [6, 6.07) is 2.63. The first-order valence-corrected chi connectivity index (χ1v) is 8.38. The van der Waals surface area contributed by atoms with E-state index in [0.717, 1.165) is 25.0 Å². The van der Waals surface area contributed by atoms with Crippen LogP contribution in [0.1, 0.15) is 19.3 Å². The van der Waals surface area contributed by atoms with Gasteiger partial charge in [-0.1, -0.05) is 6.42 Å². The Kier molecular flexibility index (Phi) is 7.02. The molecule has 26 heavy (non-hydrogen) atoms. The lowest BCUT2D eigenvalue weighted by Crippen LogP contribution is -2.52. The van der Waals surface area contributed by atoms with E-state index in [-0.39, 0.29) is 36.6 Å². The van der Waals surface area contributed by atoms with Crippen LogP contribution in [0.4, 0.5) is 14.5 Å². The Morgan fingerprint density at radius 2 is 1.92 bits per heavy atom. The van der Waals surface area contributed by atoms with Gasteiger partial charge in [0.05, 0.1) is 19.1 Å². The predicted octanol–water partition coefficient (Wildman–Crippen LogP) is 0.620. The molecule has 7 nitrogen and oxygen atoms in total. The van der Waals surface area contributed by atoms with E-state index in [9.17, 15) is 23.2 Å². The molecule has 2 rings (SSSR count). The third kappa shape index (κ3) is 5.48. The summed E-state index contributed by atoms with van der Waals surface area (Å²) in [4.78, 5) is 37.5. The van der Waals surface area contributed by atoms with E-state index in [1.54, 1.807) is 11.9 Å². The number of likely N-dealkylation sites (tertiary alicyclic amines) is 1. The number of nitrogens with one attached hydrogen (secondary N) is 3. The van der Waals surface area contributed by atoms with Crippen LogP contribution >= 0.6 is 0 Å². The fourth-order valence-corrected chi connectivity index (χ4v) is 2.84. The Labute approximate surface area is 150 Å². The van der Waals surface area contributed by atoms with Crippen molar-refractivity contribution in [2.45, 2.75) is 25.3 Å². The zero-order valence-electron chi connectivity index (χ0n) is 14.5. The second-order valence-corrected chi connectivity index (χ2v) is 6.05. The number of amides is 3. The summed E-state index contributed by atoms with van der Waals surface area (Å²) in [6.45, 7) is 0.333. The van der Waals surface area contributed by atoms with Crippen LogP contribution in [-0.2, 0) is 14.4 Å². The fourth-order valence-electron chi connectivity index (χ4n) is 2.84. The van der Waals surface area contributed by atoms with E-state index >= 15 is 0 Å². The van der Waals surface area contributed by atoms with E-state index in [2.05, 4.69) is 16.0 Å². The molecule has 1 aromatic rings. The normalized spacial score (nSPS) is 17.4. The number of likely N-dealkylation sites (N-methyl/N-ethyl adjacent to an activating group) is 1. The minimum absolute atomic E-state index is 0.0105. The molecule has 0 saturated carbocycles. The number of rotatable bonds is 6. The van der Waals surface area contributed by atoms with Crippen molar-refractivity contribution in [1.29, 1.82) is 0 Å². The minimum atomic E-state index is -1.07. The zero-order valence-corrected chi connectivity index (χ0v) is 14.5. The number of carbonyl (C=O) groups is 3. The molecule has 0 unspecified atom stereocenters. The van der Waals surface area contributed by atoms with Gasteiger partial charge < -0.3 is 16.0 Å². The average Bonchev–Trinajstić information content (AvgIpc) is 2.63. The van der Waals surface area contributed by atoms with E-state index in [4.69, 9.17) is 0 Å². The lowest BCUT2D eigenvalue weighted by atomic mass is 10.0. The van der Waals surface area contributed by atoms with Gasteiger partial charge in [-0.15, -0.1) is 0 Å². The third-order valence-corrected chi connectivity index (χ3v) is 4.16. The Morgan fingerprint density at radius 3 is 2.62 bits per heavy atom. The number of benzene rings is 1. The number of carbonyl (C=O) groups excluding carboxylic acids is 3. The smallest absolute Gasteiger partial charge is 0.243 e. The van der Waals surface area contributed by atoms with Crippen LogP contribution in [0.25, 0.3) is 0 Å². The maximum atomic E-state index is 13.1. The van der Waals surface area contributed by atoms with Gasteiger partial charge in [-0.2, -0.15) is 0 Å². The highest BCUT2D eigenvalue weighted by Crippen LogP contribution is 2.16. The molecule has 0 aromatic heterocycles. The molecule has 3 amide bonds. The second kappa shape index (κ2) is 9.23. The first-order chi connectivity index (χ1) is 12.4. The van der Waals surface area contributed by atoms with Gasteiger partial charge in [0, 0.05) is 18.8 Å². The van der Waals surface area contributed by atoms with Gasteiger partial charge in [0.2, 0.25) is 17.7 Å². The number of piperidine rings is 1. The van der Waals surface area contributed by atoms with E-state index in [0.29, 0.717) is 13.0 Å². The summed E-state index contributed by atoms with van der Waals surface area (Å²) in [5, 5.41) is 7.42. The monoisotopic (exact) mass is 368 g/mol. The summed E-state index contributed by atoms with van der Waals surface area (Å²) in [5.41, 5.74) is 0.0962. The third-order valence-electron chi connectivity index (χ3n) is 4.16. The lowest BCUT2D eigenvalue weighted by molar-refractivity contribution is -0.130. The van der Waals surface area contributed by atoms with Gasteiger partial charge in [0.1, 0.15) is 0 Å². The van der Waals surface area contributed by atoms with Crippen LogP contribution in [0.5, 0.6) is 0 Å². The van der Waals surface area contributed by atoms with Crippen molar-refractivity contribution < 1.29 is 23.2 Å². The highest BCUT2D eigenvalue weighted by molar-refractivity contribution is 5.94. The molecule has 1 aliphatic rings. The molecular weight excluding hydrogens is 346 g/mol. The zero-order chi connectivity index (χ0) is 19.1. The molecule has 9 heteroatoms. The highest BCUT2D eigenvalue weighted by Gasteiger charge is 2.29. The average molecular weight is 368 g/mol. The molecular formula is C17H22F2N4O3. The quantitative estimate of drug-likeness (QED) is 0.687. The van der Waals surface area contributed by atoms with Crippen molar-refractivity contribution in [2.75, 3.05) is 32.0 Å². The van der Waals surface area contributed by atoms with Gasteiger partial charge in [-0.05, 0) is 31.5 Å². The van der Waals surface area contributed by atoms with Crippen LogP contribution in [-0.4, -0.2) is 55.3 Å². The summed E-state index contributed by atoms with van der Waals surface area (Å²) in [7, 11) is 1.55. The Balaban J connectivity index is 1.80. The number of halogens is 2.